The third-order valence-electron chi connectivity index (χ3n) is 2.17. The lowest BCUT2D eigenvalue weighted by Crippen LogP contribution is -2.43. The fraction of sp³-hybridized carbons (Fsp3) is 0.636. The molecule has 1 unspecified atom stereocenters. The molecule has 0 aliphatic carbocycles. The van der Waals surface area contributed by atoms with E-state index < -0.39 is 23.7 Å². The van der Waals surface area contributed by atoms with E-state index >= 15 is 0 Å². The van der Waals surface area contributed by atoms with E-state index in [1.54, 1.807) is 20.8 Å². The SMILES string of the molecule is C=C1CC(C(=O)O)N(C(=O)OC(C)(C)C)C1. The van der Waals surface area contributed by atoms with E-state index in [0.717, 1.165) is 5.57 Å². The predicted octanol–water partition coefficient (Wildman–Crippen LogP) is 1.64. The molecule has 5 nitrogen and oxygen atoms in total. The monoisotopic (exact) mass is 227 g/mol. The molecule has 0 aromatic carbocycles. The van der Waals surface area contributed by atoms with Crippen molar-refractivity contribution in [3.63, 3.8) is 0 Å². The fourth-order valence-corrected chi connectivity index (χ4v) is 1.53. The number of ether oxygens (including phenoxy) is 1. The molecule has 0 saturated carbocycles. The average Bonchev–Trinajstić information content (AvgIpc) is 2.44. The van der Waals surface area contributed by atoms with E-state index in [-0.39, 0.29) is 6.54 Å². The number of likely N-dealkylation sites (tertiary alicyclic amines) is 1. The molecule has 1 rings (SSSR count). The Bertz CT molecular complexity index is 329. The van der Waals surface area contributed by atoms with Crippen LogP contribution in [0.2, 0.25) is 0 Å². The minimum absolute atomic E-state index is 0.256. The van der Waals surface area contributed by atoms with E-state index in [1.165, 1.54) is 4.90 Å². The first-order valence-electron chi connectivity index (χ1n) is 5.10. The molecule has 1 N–H and O–H groups in total. The van der Waals surface area contributed by atoms with Gasteiger partial charge >= 0.3 is 12.1 Å². The minimum atomic E-state index is -1.02. The molecule has 5 heteroatoms. The molecule has 0 aromatic heterocycles. The number of hydrogen-bond donors (Lipinski definition) is 1. The Hall–Kier alpha value is -1.52. The maximum absolute atomic E-state index is 11.7. The molecule has 1 aliphatic rings. The van der Waals surface area contributed by atoms with Crippen LogP contribution in [0.5, 0.6) is 0 Å². The van der Waals surface area contributed by atoms with Crippen LogP contribution >= 0.6 is 0 Å². The summed E-state index contributed by atoms with van der Waals surface area (Å²) in [6, 6.07) is -0.845. The largest absolute Gasteiger partial charge is 0.480 e. The third kappa shape index (κ3) is 2.98. The Balaban J connectivity index is 2.75. The van der Waals surface area contributed by atoms with E-state index in [1.807, 2.05) is 0 Å². The van der Waals surface area contributed by atoms with Gasteiger partial charge in [-0.05, 0) is 20.8 Å². The number of carbonyl (C=O) groups excluding carboxylic acids is 1. The number of carboxylic acids is 1. The van der Waals surface area contributed by atoms with E-state index in [2.05, 4.69) is 6.58 Å². The lowest BCUT2D eigenvalue weighted by atomic mass is 10.2. The Kier molecular flexibility index (Phi) is 3.26. The van der Waals surface area contributed by atoms with E-state index in [0.29, 0.717) is 6.42 Å². The molecule has 1 amide bonds. The molecule has 0 aromatic rings. The van der Waals surface area contributed by atoms with Crippen LogP contribution in [-0.4, -0.2) is 40.3 Å². The van der Waals surface area contributed by atoms with Crippen LogP contribution in [0, 0.1) is 0 Å². The zero-order valence-electron chi connectivity index (χ0n) is 9.82. The summed E-state index contributed by atoms with van der Waals surface area (Å²) in [5.41, 5.74) is 0.114. The second-order valence-corrected chi connectivity index (χ2v) is 4.92. The summed E-state index contributed by atoms with van der Waals surface area (Å²) in [6.07, 6.45) is -0.298. The first kappa shape index (κ1) is 12.5. The van der Waals surface area contributed by atoms with E-state index in [4.69, 9.17) is 9.84 Å². The minimum Gasteiger partial charge on any atom is -0.480 e. The number of aliphatic carboxylic acids is 1. The molecule has 0 radical (unpaired) electrons. The molecule has 90 valence electrons. The van der Waals surface area contributed by atoms with Crippen molar-refractivity contribution < 1.29 is 19.4 Å². The van der Waals surface area contributed by atoms with Gasteiger partial charge in [0.15, 0.2) is 0 Å². The second-order valence-electron chi connectivity index (χ2n) is 4.92. The first-order valence-corrected chi connectivity index (χ1v) is 5.10. The summed E-state index contributed by atoms with van der Waals surface area (Å²) in [5, 5.41) is 8.96. The van der Waals surface area contributed by atoms with Crippen LogP contribution in [0.25, 0.3) is 0 Å². The zero-order chi connectivity index (χ0) is 12.5. The van der Waals surface area contributed by atoms with Crippen molar-refractivity contribution in [1.82, 2.24) is 4.90 Å². The second kappa shape index (κ2) is 4.15. The fourth-order valence-electron chi connectivity index (χ4n) is 1.53. The standard InChI is InChI=1S/C11H17NO4/c1-7-5-8(9(13)14)12(6-7)10(15)16-11(2,3)4/h8H,1,5-6H2,2-4H3,(H,13,14). The third-order valence-corrected chi connectivity index (χ3v) is 2.17. The summed E-state index contributed by atoms with van der Waals surface area (Å²) in [4.78, 5) is 23.9. The molecule has 1 atom stereocenters. The Morgan fingerprint density at radius 3 is 2.50 bits per heavy atom. The van der Waals surface area contributed by atoms with Gasteiger partial charge in [-0.3, -0.25) is 4.90 Å². The number of hydrogen-bond acceptors (Lipinski definition) is 3. The average molecular weight is 227 g/mol. The highest BCUT2D eigenvalue weighted by molar-refractivity contribution is 5.81. The Labute approximate surface area is 94.7 Å². The van der Waals surface area contributed by atoms with E-state index in [9.17, 15) is 9.59 Å². The Morgan fingerprint density at radius 2 is 2.06 bits per heavy atom. The number of nitrogens with zero attached hydrogens (tertiary/aromatic N) is 1. The summed E-state index contributed by atoms with van der Waals surface area (Å²) in [7, 11) is 0. The highest BCUT2D eigenvalue weighted by Gasteiger charge is 2.38. The highest BCUT2D eigenvalue weighted by Crippen LogP contribution is 2.23. The predicted molar refractivity (Wildman–Crippen MR) is 58.1 cm³/mol. The van der Waals surface area contributed by atoms with Crippen molar-refractivity contribution in [2.75, 3.05) is 6.54 Å². The van der Waals surface area contributed by atoms with Gasteiger partial charge in [-0.25, -0.2) is 9.59 Å². The molecule has 1 saturated heterocycles. The van der Waals surface area contributed by atoms with Crippen LogP contribution in [0.3, 0.4) is 0 Å². The summed E-state index contributed by atoms with van der Waals surface area (Å²) in [5.74, 6) is -1.02. The molecule has 0 bridgehead atoms. The van der Waals surface area contributed by atoms with Gasteiger partial charge in [-0.1, -0.05) is 12.2 Å². The van der Waals surface area contributed by atoms with Crippen molar-refractivity contribution in [1.29, 1.82) is 0 Å². The van der Waals surface area contributed by atoms with Crippen molar-refractivity contribution in [3.05, 3.63) is 12.2 Å². The van der Waals surface area contributed by atoms with Gasteiger partial charge in [-0.2, -0.15) is 0 Å². The van der Waals surface area contributed by atoms with Crippen LogP contribution in [0.4, 0.5) is 4.79 Å². The van der Waals surface area contributed by atoms with Gasteiger partial charge < -0.3 is 9.84 Å². The zero-order valence-corrected chi connectivity index (χ0v) is 9.82. The number of carboxylic acid groups (broad SMARTS) is 1. The summed E-state index contributed by atoms with van der Waals surface area (Å²) in [6.45, 7) is 9.18. The summed E-state index contributed by atoms with van der Waals surface area (Å²) < 4.78 is 5.13. The van der Waals surface area contributed by atoms with Crippen molar-refractivity contribution in [3.8, 4) is 0 Å². The molecule has 1 fully saturated rings. The maximum Gasteiger partial charge on any atom is 0.411 e. The lowest BCUT2D eigenvalue weighted by molar-refractivity contribution is -0.142. The van der Waals surface area contributed by atoms with Crippen LogP contribution in [0.15, 0.2) is 12.2 Å². The van der Waals surface area contributed by atoms with Gasteiger partial charge in [0.1, 0.15) is 11.6 Å². The molecule has 1 heterocycles. The quantitative estimate of drug-likeness (QED) is 0.691. The number of carbonyl (C=O) groups is 2. The van der Waals surface area contributed by atoms with Gasteiger partial charge in [0.05, 0.1) is 0 Å². The highest BCUT2D eigenvalue weighted by atomic mass is 16.6. The Morgan fingerprint density at radius 1 is 1.50 bits per heavy atom. The molecule has 16 heavy (non-hydrogen) atoms. The van der Waals surface area contributed by atoms with Crippen molar-refractivity contribution in [2.45, 2.75) is 38.8 Å². The number of amides is 1. The summed E-state index contributed by atoms with van der Waals surface area (Å²) >= 11 is 0. The van der Waals surface area contributed by atoms with Gasteiger partial charge in [0.25, 0.3) is 0 Å². The lowest BCUT2D eigenvalue weighted by Gasteiger charge is -2.26. The molecule has 0 spiro atoms. The maximum atomic E-state index is 11.7. The van der Waals surface area contributed by atoms with Crippen molar-refractivity contribution >= 4 is 12.1 Å². The normalized spacial score (nSPS) is 21.1. The van der Waals surface area contributed by atoms with Crippen LogP contribution in [-0.2, 0) is 9.53 Å². The van der Waals surface area contributed by atoms with Crippen LogP contribution < -0.4 is 0 Å². The molecule has 1 aliphatic heterocycles. The van der Waals surface area contributed by atoms with Gasteiger partial charge in [0, 0.05) is 13.0 Å². The van der Waals surface area contributed by atoms with Gasteiger partial charge in [0.2, 0.25) is 0 Å². The number of rotatable bonds is 1. The van der Waals surface area contributed by atoms with Crippen LogP contribution in [0.1, 0.15) is 27.2 Å². The topological polar surface area (TPSA) is 66.8 Å². The smallest absolute Gasteiger partial charge is 0.411 e. The van der Waals surface area contributed by atoms with Gasteiger partial charge in [-0.15, -0.1) is 0 Å². The molecular formula is C11H17NO4. The first-order chi connectivity index (χ1) is 7.20. The molecular weight excluding hydrogens is 210 g/mol. The van der Waals surface area contributed by atoms with Crippen molar-refractivity contribution in [2.24, 2.45) is 0 Å².